The first-order chi connectivity index (χ1) is 12.8. The van der Waals surface area contributed by atoms with Crippen molar-refractivity contribution in [3.8, 4) is 17.0 Å². The predicted octanol–water partition coefficient (Wildman–Crippen LogP) is 2.94. The molecule has 136 valence electrons. The average molecular weight is 354 g/mol. The number of rotatable bonds is 4. The van der Waals surface area contributed by atoms with Crippen molar-refractivity contribution in [1.82, 2.24) is 19.6 Å². The van der Waals surface area contributed by atoms with Crippen molar-refractivity contribution in [2.24, 2.45) is 0 Å². The average Bonchev–Trinajstić information content (AvgIpc) is 2.83. The monoisotopic (exact) mass is 354 g/mol. The lowest BCUT2D eigenvalue weighted by atomic mass is 10.1. The lowest BCUT2D eigenvalue weighted by molar-refractivity contribution is 0.280. The van der Waals surface area contributed by atoms with Crippen LogP contribution in [0.2, 0.25) is 0 Å². The number of benzene rings is 1. The number of fused-ring (bicyclic) bond motifs is 1. The lowest BCUT2D eigenvalue weighted by Gasteiger charge is -2.20. The molecule has 0 spiro atoms. The van der Waals surface area contributed by atoms with E-state index in [-0.39, 0.29) is 5.82 Å². The van der Waals surface area contributed by atoms with Crippen LogP contribution in [0.4, 0.5) is 4.39 Å². The fraction of sp³-hybridized carbons (Fsp3) is 0.350. The topological polar surface area (TPSA) is 41.8 Å². The number of pyridine rings is 1. The molecule has 1 aliphatic rings. The zero-order valence-electron chi connectivity index (χ0n) is 14.9. The summed E-state index contributed by atoms with van der Waals surface area (Å²) in [6.07, 6.45) is 2.63. The highest BCUT2D eigenvalue weighted by molar-refractivity contribution is 5.72. The first kappa shape index (κ1) is 17.0. The SMILES string of the molecule is COc1ccccc1-c1nc2ccc(F)cn2c1CN1CCCNCC1. The summed E-state index contributed by atoms with van der Waals surface area (Å²) in [6.45, 7) is 4.71. The first-order valence-corrected chi connectivity index (χ1v) is 8.99. The molecule has 0 unspecified atom stereocenters. The summed E-state index contributed by atoms with van der Waals surface area (Å²) in [5.74, 6) is 0.510. The molecule has 1 fully saturated rings. The molecule has 1 aliphatic heterocycles. The summed E-state index contributed by atoms with van der Waals surface area (Å²) in [5.41, 5.74) is 3.52. The number of aromatic nitrogens is 2. The van der Waals surface area contributed by atoms with Gasteiger partial charge in [-0.05, 0) is 43.8 Å². The van der Waals surface area contributed by atoms with E-state index in [0.29, 0.717) is 0 Å². The van der Waals surface area contributed by atoms with Crippen molar-refractivity contribution in [2.75, 3.05) is 33.3 Å². The van der Waals surface area contributed by atoms with Gasteiger partial charge in [0.25, 0.3) is 0 Å². The zero-order valence-corrected chi connectivity index (χ0v) is 14.9. The number of nitrogens with one attached hydrogen (secondary N) is 1. The summed E-state index contributed by atoms with van der Waals surface area (Å²) in [7, 11) is 1.66. The quantitative estimate of drug-likeness (QED) is 0.782. The Morgan fingerprint density at radius 1 is 1.15 bits per heavy atom. The Kier molecular flexibility index (Phi) is 4.86. The summed E-state index contributed by atoms with van der Waals surface area (Å²) in [4.78, 5) is 7.19. The van der Waals surface area contributed by atoms with E-state index < -0.39 is 0 Å². The van der Waals surface area contributed by atoms with Crippen molar-refractivity contribution in [1.29, 1.82) is 0 Å². The van der Waals surface area contributed by atoms with Crippen LogP contribution in [0, 0.1) is 5.82 Å². The fourth-order valence-corrected chi connectivity index (χ4v) is 3.55. The van der Waals surface area contributed by atoms with Gasteiger partial charge in [-0.2, -0.15) is 0 Å². The van der Waals surface area contributed by atoms with Crippen LogP contribution in [0.5, 0.6) is 5.75 Å². The third-order valence-corrected chi connectivity index (χ3v) is 4.85. The van der Waals surface area contributed by atoms with Crippen LogP contribution >= 0.6 is 0 Å². The summed E-state index contributed by atoms with van der Waals surface area (Å²) in [6, 6.07) is 11.0. The second-order valence-electron chi connectivity index (χ2n) is 6.56. The Balaban J connectivity index is 1.83. The largest absolute Gasteiger partial charge is 0.496 e. The van der Waals surface area contributed by atoms with E-state index in [4.69, 9.17) is 9.72 Å². The molecule has 0 atom stereocenters. The summed E-state index contributed by atoms with van der Waals surface area (Å²) in [5, 5.41) is 3.42. The molecule has 0 aliphatic carbocycles. The van der Waals surface area contributed by atoms with Crippen molar-refractivity contribution in [3.05, 3.63) is 54.1 Å². The molecule has 6 heteroatoms. The number of ether oxygens (including phenoxy) is 1. The molecule has 3 aromatic rings. The van der Waals surface area contributed by atoms with Gasteiger partial charge < -0.3 is 10.1 Å². The minimum atomic E-state index is -0.264. The van der Waals surface area contributed by atoms with Crippen molar-refractivity contribution >= 4 is 5.65 Å². The molecule has 0 radical (unpaired) electrons. The lowest BCUT2D eigenvalue weighted by Crippen LogP contribution is -2.28. The van der Waals surface area contributed by atoms with Crippen LogP contribution in [0.3, 0.4) is 0 Å². The minimum absolute atomic E-state index is 0.264. The summed E-state index contributed by atoms with van der Waals surface area (Å²) < 4.78 is 21.3. The van der Waals surface area contributed by atoms with E-state index in [9.17, 15) is 4.39 Å². The maximum Gasteiger partial charge on any atom is 0.139 e. The second-order valence-corrected chi connectivity index (χ2v) is 6.56. The van der Waals surface area contributed by atoms with Crippen LogP contribution in [-0.2, 0) is 6.54 Å². The normalized spacial score (nSPS) is 15.9. The van der Waals surface area contributed by atoms with Gasteiger partial charge >= 0.3 is 0 Å². The number of imidazole rings is 1. The Morgan fingerprint density at radius 3 is 2.92 bits per heavy atom. The van der Waals surface area contributed by atoms with Gasteiger partial charge in [-0.15, -0.1) is 0 Å². The molecule has 0 bridgehead atoms. The van der Waals surface area contributed by atoms with E-state index in [2.05, 4.69) is 10.2 Å². The molecule has 1 saturated heterocycles. The van der Waals surface area contributed by atoms with Gasteiger partial charge in [0.15, 0.2) is 0 Å². The standard InChI is InChI=1S/C20H23FN4O/c1-26-18-6-3-2-5-16(18)20-17(14-24-11-4-9-22-10-12-24)25-13-15(21)7-8-19(25)23-20/h2-3,5-8,13,22H,4,9-12,14H2,1H3. The number of methoxy groups -OCH3 is 1. The summed E-state index contributed by atoms with van der Waals surface area (Å²) >= 11 is 0. The van der Waals surface area contributed by atoms with Crippen molar-refractivity contribution < 1.29 is 9.13 Å². The Bertz CT molecular complexity index is 900. The van der Waals surface area contributed by atoms with E-state index in [1.807, 2.05) is 28.7 Å². The third-order valence-electron chi connectivity index (χ3n) is 4.85. The maximum absolute atomic E-state index is 13.9. The Hall–Kier alpha value is -2.44. The van der Waals surface area contributed by atoms with Gasteiger partial charge in [-0.1, -0.05) is 12.1 Å². The highest BCUT2D eigenvalue weighted by Gasteiger charge is 2.20. The predicted molar refractivity (Wildman–Crippen MR) is 99.9 cm³/mol. The molecule has 1 aromatic carbocycles. The Labute approximate surface area is 152 Å². The van der Waals surface area contributed by atoms with Crippen molar-refractivity contribution in [3.63, 3.8) is 0 Å². The van der Waals surface area contributed by atoms with Gasteiger partial charge in [0.1, 0.15) is 17.2 Å². The molecule has 1 N–H and O–H groups in total. The van der Waals surface area contributed by atoms with Crippen molar-refractivity contribution in [2.45, 2.75) is 13.0 Å². The van der Waals surface area contributed by atoms with Gasteiger partial charge in [-0.3, -0.25) is 9.30 Å². The molecule has 3 heterocycles. The van der Waals surface area contributed by atoms with Crippen LogP contribution in [0.15, 0.2) is 42.6 Å². The second kappa shape index (κ2) is 7.43. The van der Waals surface area contributed by atoms with E-state index in [0.717, 1.165) is 67.5 Å². The van der Waals surface area contributed by atoms with Crippen LogP contribution < -0.4 is 10.1 Å². The number of hydrogen-bond acceptors (Lipinski definition) is 4. The van der Waals surface area contributed by atoms with E-state index in [1.54, 1.807) is 13.2 Å². The van der Waals surface area contributed by atoms with E-state index >= 15 is 0 Å². The maximum atomic E-state index is 13.9. The molecule has 0 amide bonds. The molecule has 4 rings (SSSR count). The number of hydrogen-bond donors (Lipinski definition) is 1. The van der Waals surface area contributed by atoms with Crippen LogP contribution in [0.25, 0.3) is 16.9 Å². The number of para-hydroxylation sites is 1. The molecule has 5 nitrogen and oxygen atoms in total. The molecule has 2 aromatic heterocycles. The van der Waals surface area contributed by atoms with Gasteiger partial charge in [0.2, 0.25) is 0 Å². The number of halogens is 1. The Morgan fingerprint density at radius 2 is 2.04 bits per heavy atom. The molecule has 0 saturated carbocycles. The smallest absolute Gasteiger partial charge is 0.139 e. The fourth-order valence-electron chi connectivity index (χ4n) is 3.55. The highest BCUT2D eigenvalue weighted by Crippen LogP contribution is 2.33. The highest BCUT2D eigenvalue weighted by atomic mass is 19.1. The van der Waals surface area contributed by atoms with Gasteiger partial charge in [0.05, 0.1) is 18.5 Å². The van der Waals surface area contributed by atoms with E-state index in [1.165, 1.54) is 12.3 Å². The third kappa shape index (κ3) is 3.30. The number of nitrogens with zero attached hydrogens (tertiary/aromatic N) is 3. The van der Waals surface area contributed by atoms with Crippen LogP contribution in [0.1, 0.15) is 12.1 Å². The molecular formula is C20H23FN4O. The van der Waals surface area contributed by atoms with Gasteiger partial charge in [0, 0.05) is 31.4 Å². The molecule has 26 heavy (non-hydrogen) atoms. The zero-order chi connectivity index (χ0) is 17.9. The minimum Gasteiger partial charge on any atom is -0.496 e. The first-order valence-electron chi connectivity index (χ1n) is 8.99. The van der Waals surface area contributed by atoms with Gasteiger partial charge in [-0.25, -0.2) is 9.37 Å². The molecular weight excluding hydrogens is 331 g/mol. The van der Waals surface area contributed by atoms with Crippen LogP contribution in [-0.4, -0.2) is 47.6 Å².